The summed E-state index contributed by atoms with van der Waals surface area (Å²) in [5.41, 5.74) is 0.320. The van der Waals surface area contributed by atoms with Crippen LogP contribution >= 0.6 is 46.4 Å². The maximum absolute atomic E-state index is 10.9. The van der Waals surface area contributed by atoms with Crippen molar-refractivity contribution < 1.29 is 19.4 Å². The molecule has 0 radical (unpaired) electrons. The van der Waals surface area contributed by atoms with Crippen molar-refractivity contribution in [3.05, 3.63) is 44.3 Å². The van der Waals surface area contributed by atoms with Gasteiger partial charge in [-0.2, -0.15) is 0 Å². The number of benzene rings is 1. The van der Waals surface area contributed by atoms with Crippen LogP contribution in [0.4, 0.5) is 0 Å². The first-order valence-electron chi connectivity index (χ1n) is 4.74. The normalized spacial score (nSPS) is 13.3. The lowest BCUT2D eigenvalue weighted by Gasteiger charge is -2.22. The number of hydrogen-bond donors (Lipinski definition) is 1. The summed E-state index contributed by atoms with van der Waals surface area (Å²) in [6, 6.07) is 4.09. The number of carboxylic acids is 1. The van der Waals surface area contributed by atoms with Crippen molar-refractivity contribution in [2.24, 2.45) is 0 Å². The minimum atomic E-state index is -1.11. The van der Waals surface area contributed by atoms with E-state index in [1.807, 2.05) is 0 Å². The zero-order valence-corrected chi connectivity index (χ0v) is 11.9. The SMILES string of the molecule is O=C(O)c1ccc2c(c1)C(=C(Cl)Cl)OC(=C(Cl)Cl)O2. The summed E-state index contributed by atoms with van der Waals surface area (Å²) in [7, 11) is 0. The highest BCUT2D eigenvalue weighted by Gasteiger charge is 2.26. The van der Waals surface area contributed by atoms with E-state index in [0.29, 0.717) is 5.56 Å². The van der Waals surface area contributed by atoms with Crippen LogP contribution < -0.4 is 4.74 Å². The third-order valence-electron chi connectivity index (χ3n) is 2.19. The zero-order valence-electron chi connectivity index (χ0n) is 8.92. The van der Waals surface area contributed by atoms with Crippen molar-refractivity contribution in [3.63, 3.8) is 0 Å². The van der Waals surface area contributed by atoms with Gasteiger partial charge in [-0.1, -0.05) is 46.4 Å². The molecular weight excluding hydrogens is 338 g/mol. The van der Waals surface area contributed by atoms with Crippen molar-refractivity contribution in [1.29, 1.82) is 0 Å². The maximum Gasteiger partial charge on any atom is 0.335 e. The van der Waals surface area contributed by atoms with Crippen LogP contribution in [0.3, 0.4) is 0 Å². The fraction of sp³-hybridized carbons (Fsp3) is 0. The van der Waals surface area contributed by atoms with Crippen LogP contribution in [-0.2, 0) is 4.74 Å². The summed E-state index contributed by atoms with van der Waals surface area (Å²) < 4.78 is 9.99. The Hall–Kier alpha value is -1.07. The number of hydrogen-bond acceptors (Lipinski definition) is 3. The topological polar surface area (TPSA) is 55.8 Å². The van der Waals surface area contributed by atoms with E-state index in [1.54, 1.807) is 0 Å². The highest BCUT2D eigenvalue weighted by Crippen LogP contribution is 2.41. The Bertz CT molecular complexity index is 613. The van der Waals surface area contributed by atoms with Crippen LogP contribution in [0.5, 0.6) is 5.75 Å². The molecule has 0 amide bonds. The van der Waals surface area contributed by atoms with E-state index in [9.17, 15) is 4.79 Å². The fourth-order valence-corrected chi connectivity index (χ4v) is 1.85. The number of rotatable bonds is 1. The van der Waals surface area contributed by atoms with Crippen LogP contribution in [0, 0.1) is 0 Å². The predicted molar refractivity (Wildman–Crippen MR) is 72.5 cm³/mol. The number of fused-ring (bicyclic) bond motifs is 1. The Labute approximate surface area is 127 Å². The van der Waals surface area contributed by atoms with E-state index in [1.165, 1.54) is 18.2 Å². The first-order valence-corrected chi connectivity index (χ1v) is 6.25. The average molecular weight is 342 g/mol. The molecule has 1 aromatic rings. The molecule has 1 heterocycles. The largest absolute Gasteiger partial charge is 0.478 e. The third kappa shape index (κ3) is 2.92. The Kier molecular flexibility index (Phi) is 4.16. The molecule has 4 nitrogen and oxygen atoms in total. The van der Waals surface area contributed by atoms with Gasteiger partial charge in [0.2, 0.25) is 0 Å². The number of carboxylic acid groups (broad SMARTS) is 1. The van der Waals surface area contributed by atoms with Crippen molar-refractivity contribution in [3.8, 4) is 5.75 Å². The molecule has 2 rings (SSSR count). The summed E-state index contributed by atoms with van der Waals surface area (Å²) in [5, 5.41) is 8.94. The molecule has 1 aliphatic rings. The van der Waals surface area contributed by atoms with E-state index in [0.717, 1.165) is 0 Å². The smallest absolute Gasteiger partial charge is 0.335 e. The Morgan fingerprint density at radius 2 is 1.74 bits per heavy atom. The first kappa shape index (κ1) is 14.3. The lowest BCUT2D eigenvalue weighted by Crippen LogP contribution is -2.11. The molecule has 1 aliphatic heterocycles. The summed E-state index contributed by atoms with van der Waals surface area (Å²) in [6.07, 6.45) is 0. The monoisotopic (exact) mass is 340 g/mol. The quantitative estimate of drug-likeness (QED) is 0.816. The Morgan fingerprint density at radius 1 is 1.05 bits per heavy atom. The van der Waals surface area contributed by atoms with Gasteiger partial charge < -0.3 is 14.6 Å². The molecule has 1 aromatic carbocycles. The van der Waals surface area contributed by atoms with Gasteiger partial charge in [-0.3, -0.25) is 0 Å². The Balaban J connectivity index is 2.63. The number of ether oxygens (including phenoxy) is 2. The molecule has 0 unspecified atom stereocenters. The van der Waals surface area contributed by atoms with Crippen LogP contribution in [0.15, 0.2) is 33.1 Å². The molecule has 0 bridgehead atoms. The number of aromatic carboxylic acids is 1. The second-order valence-corrected chi connectivity index (χ2v) is 5.26. The molecular formula is C11H4Cl4O4. The van der Waals surface area contributed by atoms with Gasteiger partial charge >= 0.3 is 11.9 Å². The van der Waals surface area contributed by atoms with Gasteiger partial charge in [0.15, 0.2) is 10.3 Å². The van der Waals surface area contributed by atoms with Crippen molar-refractivity contribution >= 4 is 58.1 Å². The molecule has 0 atom stereocenters. The molecule has 8 heteroatoms. The van der Waals surface area contributed by atoms with E-state index >= 15 is 0 Å². The van der Waals surface area contributed by atoms with Crippen molar-refractivity contribution in [2.75, 3.05) is 0 Å². The van der Waals surface area contributed by atoms with Crippen LogP contribution in [-0.4, -0.2) is 11.1 Å². The van der Waals surface area contributed by atoms with Gasteiger partial charge in [-0.05, 0) is 18.2 Å². The van der Waals surface area contributed by atoms with Gasteiger partial charge in [0, 0.05) is 0 Å². The maximum atomic E-state index is 10.9. The molecule has 0 aromatic heterocycles. The molecule has 1 N–H and O–H groups in total. The number of carbonyl (C=O) groups is 1. The highest BCUT2D eigenvalue weighted by molar-refractivity contribution is 6.58. The number of halogens is 4. The molecule has 0 saturated heterocycles. The van der Waals surface area contributed by atoms with E-state index in [2.05, 4.69) is 0 Å². The lowest BCUT2D eigenvalue weighted by molar-refractivity contribution is 0.0696. The highest BCUT2D eigenvalue weighted by atomic mass is 35.5. The first-order chi connectivity index (χ1) is 8.90. The van der Waals surface area contributed by atoms with Crippen LogP contribution in [0.1, 0.15) is 15.9 Å². The van der Waals surface area contributed by atoms with Gasteiger partial charge in [0.05, 0.1) is 11.1 Å². The average Bonchev–Trinajstić information content (AvgIpc) is 2.36. The van der Waals surface area contributed by atoms with Crippen LogP contribution in [0.25, 0.3) is 5.76 Å². The summed E-state index contributed by atoms with van der Waals surface area (Å²) in [5.74, 6) is -1.00. The molecule has 0 aliphatic carbocycles. The molecule has 0 saturated carbocycles. The van der Waals surface area contributed by atoms with Crippen LogP contribution in [0.2, 0.25) is 0 Å². The van der Waals surface area contributed by atoms with Gasteiger partial charge in [-0.25, -0.2) is 4.79 Å². The zero-order chi connectivity index (χ0) is 14.2. The lowest BCUT2D eigenvalue weighted by atomic mass is 10.1. The minimum Gasteiger partial charge on any atom is -0.478 e. The predicted octanol–water partition coefficient (Wildman–Crippen LogP) is 4.50. The van der Waals surface area contributed by atoms with Gasteiger partial charge in [-0.15, -0.1) is 0 Å². The summed E-state index contributed by atoms with van der Waals surface area (Å²) in [4.78, 5) is 10.9. The third-order valence-corrected chi connectivity index (χ3v) is 2.85. The second kappa shape index (κ2) is 5.51. The molecule has 100 valence electrons. The molecule has 0 fully saturated rings. The van der Waals surface area contributed by atoms with Crippen molar-refractivity contribution in [1.82, 2.24) is 0 Å². The molecule has 0 spiro atoms. The van der Waals surface area contributed by atoms with E-state index in [4.69, 9.17) is 61.0 Å². The van der Waals surface area contributed by atoms with Crippen molar-refractivity contribution in [2.45, 2.75) is 0 Å². The van der Waals surface area contributed by atoms with Gasteiger partial charge in [0.1, 0.15) is 10.2 Å². The summed E-state index contributed by atoms with van der Waals surface area (Å²) in [6.45, 7) is 0. The minimum absolute atomic E-state index is 0.0153. The Morgan fingerprint density at radius 3 is 2.26 bits per heavy atom. The standard InChI is InChI=1S/C11H4Cl4O4/c12-8(13)7-5-3-4(10(16)17)1-2-6(5)18-11(19-7)9(14)15/h1-3H,(H,16,17). The fourth-order valence-electron chi connectivity index (χ4n) is 1.42. The second-order valence-electron chi connectivity index (χ2n) is 3.36. The van der Waals surface area contributed by atoms with E-state index < -0.39 is 5.97 Å². The molecule has 19 heavy (non-hydrogen) atoms. The van der Waals surface area contributed by atoms with E-state index in [-0.39, 0.29) is 32.0 Å². The van der Waals surface area contributed by atoms with Gasteiger partial charge in [0.25, 0.3) is 0 Å². The summed E-state index contributed by atoms with van der Waals surface area (Å²) >= 11 is 22.5.